The van der Waals surface area contributed by atoms with E-state index in [1.54, 1.807) is 11.8 Å². The van der Waals surface area contributed by atoms with Crippen molar-refractivity contribution in [3.8, 4) is 0 Å². The number of nitrogens with one attached hydrogen (secondary N) is 2. The number of amides is 1. The van der Waals surface area contributed by atoms with Crippen molar-refractivity contribution >= 4 is 34.1 Å². The van der Waals surface area contributed by atoms with Crippen LogP contribution in [0.3, 0.4) is 0 Å². The van der Waals surface area contributed by atoms with Crippen molar-refractivity contribution in [1.29, 1.82) is 0 Å². The number of piperidine rings is 1. The summed E-state index contributed by atoms with van der Waals surface area (Å²) in [6, 6.07) is 14.2. The number of benzene rings is 2. The van der Waals surface area contributed by atoms with Gasteiger partial charge in [-0.15, -0.1) is 10.2 Å². The van der Waals surface area contributed by atoms with Crippen LogP contribution in [0.4, 0.5) is 5.69 Å². The molecule has 29 heavy (non-hydrogen) atoms. The van der Waals surface area contributed by atoms with Crippen LogP contribution in [0.2, 0.25) is 0 Å². The maximum absolute atomic E-state index is 12.6. The molecular formula is C22H28N5OS+. The number of likely N-dealkylation sites (tertiary alicyclic amines) is 1. The van der Waals surface area contributed by atoms with Gasteiger partial charge in [0.05, 0.1) is 13.1 Å². The van der Waals surface area contributed by atoms with Crippen LogP contribution in [-0.4, -0.2) is 46.1 Å². The zero-order chi connectivity index (χ0) is 20.2. The smallest absolute Gasteiger partial charge is 0.279 e. The SMILES string of the molecule is CCSc1nnc(C2CC[NH+](CC(=O)Nc3cccc4ccccc34)CC2)n1C. The molecule has 0 radical (unpaired) electrons. The van der Waals surface area contributed by atoms with E-state index in [0.29, 0.717) is 12.5 Å². The Balaban J connectivity index is 1.33. The lowest BCUT2D eigenvalue weighted by molar-refractivity contribution is -0.897. The molecule has 0 aliphatic carbocycles. The minimum Gasteiger partial charge on any atom is -0.327 e. The van der Waals surface area contributed by atoms with Gasteiger partial charge in [-0.2, -0.15) is 0 Å². The van der Waals surface area contributed by atoms with Crippen LogP contribution >= 0.6 is 11.8 Å². The Kier molecular flexibility index (Phi) is 6.16. The van der Waals surface area contributed by atoms with E-state index < -0.39 is 0 Å². The summed E-state index contributed by atoms with van der Waals surface area (Å²) in [7, 11) is 2.06. The van der Waals surface area contributed by atoms with Gasteiger partial charge in [0, 0.05) is 36.9 Å². The summed E-state index contributed by atoms with van der Waals surface area (Å²) in [5.41, 5.74) is 0.891. The van der Waals surface area contributed by atoms with E-state index in [4.69, 9.17) is 0 Å². The molecule has 1 amide bonds. The molecule has 1 saturated heterocycles. The van der Waals surface area contributed by atoms with Crippen molar-refractivity contribution in [3.05, 3.63) is 48.3 Å². The van der Waals surface area contributed by atoms with Crippen LogP contribution in [0.15, 0.2) is 47.6 Å². The van der Waals surface area contributed by atoms with Gasteiger partial charge in [-0.1, -0.05) is 55.1 Å². The van der Waals surface area contributed by atoms with E-state index in [1.807, 2.05) is 24.3 Å². The van der Waals surface area contributed by atoms with Gasteiger partial charge >= 0.3 is 0 Å². The summed E-state index contributed by atoms with van der Waals surface area (Å²) in [5, 5.41) is 15.1. The average molecular weight is 411 g/mol. The molecule has 1 fully saturated rings. The van der Waals surface area contributed by atoms with Gasteiger partial charge in [-0.05, 0) is 17.2 Å². The molecule has 3 aromatic rings. The number of fused-ring (bicyclic) bond motifs is 1. The highest BCUT2D eigenvalue weighted by molar-refractivity contribution is 7.99. The number of hydrogen-bond acceptors (Lipinski definition) is 4. The Morgan fingerprint density at radius 2 is 1.93 bits per heavy atom. The first-order valence-corrected chi connectivity index (χ1v) is 11.3. The minimum atomic E-state index is 0.0788. The van der Waals surface area contributed by atoms with E-state index in [-0.39, 0.29) is 5.91 Å². The van der Waals surface area contributed by atoms with Crippen LogP contribution in [0, 0.1) is 0 Å². The predicted molar refractivity (Wildman–Crippen MR) is 118 cm³/mol. The van der Waals surface area contributed by atoms with Crippen molar-refractivity contribution in [1.82, 2.24) is 14.8 Å². The van der Waals surface area contributed by atoms with Gasteiger partial charge in [-0.25, -0.2) is 0 Å². The van der Waals surface area contributed by atoms with Crippen molar-refractivity contribution in [2.24, 2.45) is 7.05 Å². The molecule has 152 valence electrons. The number of anilines is 1. The third-order valence-corrected chi connectivity index (χ3v) is 6.58. The fraction of sp³-hybridized carbons (Fsp3) is 0.409. The molecule has 0 bridgehead atoms. The number of quaternary nitrogens is 1. The van der Waals surface area contributed by atoms with E-state index in [1.165, 1.54) is 4.90 Å². The summed E-state index contributed by atoms with van der Waals surface area (Å²) < 4.78 is 2.14. The third-order valence-electron chi connectivity index (χ3n) is 5.67. The molecule has 0 atom stereocenters. The van der Waals surface area contributed by atoms with Crippen molar-refractivity contribution in [2.75, 3.05) is 30.7 Å². The maximum Gasteiger partial charge on any atom is 0.279 e. The average Bonchev–Trinajstić information content (AvgIpc) is 3.09. The largest absolute Gasteiger partial charge is 0.327 e. The number of hydrogen-bond donors (Lipinski definition) is 2. The molecule has 4 rings (SSSR count). The van der Waals surface area contributed by atoms with E-state index in [0.717, 1.165) is 59.1 Å². The van der Waals surface area contributed by atoms with Crippen LogP contribution in [0.25, 0.3) is 10.8 Å². The number of nitrogens with zero attached hydrogens (tertiary/aromatic N) is 3. The summed E-state index contributed by atoms with van der Waals surface area (Å²) in [6.07, 6.45) is 2.08. The van der Waals surface area contributed by atoms with E-state index in [2.05, 4.69) is 52.3 Å². The van der Waals surface area contributed by atoms with Gasteiger partial charge in [0.15, 0.2) is 11.7 Å². The topological polar surface area (TPSA) is 64.2 Å². The molecular weight excluding hydrogens is 382 g/mol. The molecule has 0 spiro atoms. The van der Waals surface area contributed by atoms with Crippen molar-refractivity contribution < 1.29 is 9.69 Å². The zero-order valence-corrected chi connectivity index (χ0v) is 17.8. The first-order chi connectivity index (χ1) is 14.2. The highest BCUT2D eigenvalue weighted by Gasteiger charge is 2.28. The Hall–Kier alpha value is -2.38. The second-order valence-corrected chi connectivity index (χ2v) is 8.84. The Morgan fingerprint density at radius 3 is 2.72 bits per heavy atom. The molecule has 7 heteroatoms. The fourth-order valence-electron chi connectivity index (χ4n) is 4.15. The van der Waals surface area contributed by atoms with Gasteiger partial charge in [0.2, 0.25) is 0 Å². The highest BCUT2D eigenvalue weighted by atomic mass is 32.2. The molecule has 6 nitrogen and oxygen atoms in total. The van der Waals surface area contributed by atoms with Crippen LogP contribution < -0.4 is 10.2 Å². The van der Waals surface area contributed by atoms with Gasteiger partial charge in [-0.3, -0.25) is 4.79 Å². The number of carbonyl (C=O) groups is 1. The first-order valence-electron chi connectivity index (χ1n) is 10.3. The highest BCUT2D eigenvalue weighted by Crippen LogP contribution is 2.25. The lowest BCUT2D eigenvalue weighted by Gasteiger charge is -2.28. The normalized spacial score (nSPS) is 19.4. The first kappa shape index (κ1) is 19.9. The Bertz CT molecular complexity index is 989. The van der Waals surface area contributed by atoms with Gasteiger partial charge < -0.3 is 14.8 Å². The molecule has 1 aromatic heterocycles. The lowest BCUT2D eigenvalue weighted by atomic mass is 9.96. The predicted octanol–water partition coefficient (Wildman–Crippen LogP) is 2.48. The molecule has 2 N–H and O–H groups in total. The molecule has 1 aliphatic rings. The summed E-state index contributed by atoms with van der Waals surface area (Å²) in [6.45, 7) is 4.60. The molecule has 1 aliphatic heterocycles. The molecule has 0 saturated carbocycles. The molecule has 0 unspecified atom stereocenters. The third kappa shape index (κ3) is 4.46. The summed E-state index contributed by atoms with van der Waals surface area (Å²) >= 11 is 1.73. The fourth-order valence-corrected chi connectivity index (χ4v) is 4.80. The number of carbonyl (C=O) groups excluding carboxylic acids is 1. The van der Waals surface area contributed by atoms with E-state index in [9.17, 15) is 4.79 Å². The maximum atomic E-state index is 12.6. The van der Waals surface area contributed by atoms with Crippen LogP contribution in [0.5, 0.6) is 0 Å². The molecule has 2 aromatic carbocycles. The Morgan fingerprint density at radius 1 is 1.17 bits per heavy atom. The van der Waals surface area contributed by atoms with Crippen LogP contribution in [-0.2, 0) is 11.8 Å². The van der Waals surface area contributed by atoms with Gasteiger partial charge in [0.1, 0.15) is 5.82 Å². The summed E-state index contributed by atoms with van der Waals surface area (Å²) in [4.78, 5) is 14.0. The van der Waals surface area contributed by atoms with Crippen LogP contribution in [0.1, 0.15) is 31.5 Å². The standard InChI is InChI=1S/C22H27N5OS/c1-3-29-22-25-24-21(26(22)2)17-11-13-27(14-12-17)15-20(28)23-19-10-6-8-16-7-4-5-9-18(16)19/h4-10,17H,3,11-15H2,1-2H3,(H,23,28)/p+1. The molecule has 2 heterocycles. The number of aromatic nitrogens is 3. The zero-order valence-electron chi connectivity index (χ0n) is 17.0. The van der Waals surface area contributed by atoms with E-state index >= 15 is 0 Å². The summed E-state index contributed by atoms with van der Waals surface area (Å²) in [5.74, 6) is 2.60. The second kappa shape index (κ2) is 8.97. The van der Waals surface area contributed by atoms with Crippen molar-refractivity contribution in [3.63, 3.8) is 0 Å². The Labute approximate surface area is 175 Å². The van der Waals surface area contributed by atoms with Crippen molar-refractivity contribution in [2.45, 2.75) is 30.8 Å². The number of rotatable bonds is 6. The lowest BCUT2D eigenvalue weighted by Crippen LogP contribution is -3.14. The minimum absolute atomic E-state index is 0.0788. The quantitative estimate of drug-likeness (QED) is 0.613. The number of thioether (sulfide) groups is 1. The monoisotopic (exact) mass is 410 g/mol. The second-order valence-electron chi connectivity index (χ2n) is 7.61. The van der Waals surface area contributed by atoms with Gasteiger partial charge in [0.25, 0.3) is 5.91 Å².